The van der Waals surface area contributed by atoms with Gasteiger partial charge in [0.05, 0.1) is 11.4 Å². The summed E-state index contributed by atoms with van der Waals surface area (Å²) in [6.45, 7) is 8.67. The summed E-state index contributed by atoms with van der Waals surface area (Å²) < 4.78 is 0. The first-order valence-electron chi connectivity index (χ1n) is 4.13. The second-order valence-corrected chi connectivity index (χ2v) is 2.56. The van der Waals surface area contributed by atoms with Crippen LogP contribution in [0.3, 0.4) is 0 Å². The highest BCUT2D eigenvalue weighted by atomic mass is 15.1. The van der Waals surface area contributed by atoms with Gasteiger partial charge in [0.25, 0.3) is 0 Å². The first kappa shape index (κ1) is 10.8. The van der Waals surface area contributed by atoms with Crippen molar-refractivity contribution in [3.8, 4) is 0 Å². The van der Waals surface area contributed by atoms with Gasteiger partial charge < -0.3 is 10.6 Å². The average molecular weight is 166 g/mol. The molecule has 0 rings (SSSR count). The Balaban J connectivity index is 4.71. The predicted octanol–water partition coefficient (Wildman–Crippen LogP) is 1.87. The van der Waals surface area contributed by atoms with Gasteiger partial charge in [-0.3, -0.25) is 0 Å². The van der Waals surface area contributed by atoms with Gasteiger partial charge in [0.1, 0.15) is 0 Å². The van der Waals surface area contributed by atoms with E-state index in [9.17, 15) is 0 Å². The monoisotopic (exact) mass is 166 g/mol. The zero-order valence-corrected chi connectivity index (χ0v) is 8.17. The Morgan fingerprint density at radius 2 is 2.17 bits per heavy atom. The molecule has 68 valence electrons. The van der Waals surface area contributed by atoms with Crippen LogP contribution in [0.25, 0.3) is 0 Å². The van der Waals surface area contributed by atoms with Gasteiger partial charge in [-0.2, -0.15) is 0 Å². The summed E-state index contributed by atoms with van der Waals surface area (Å²) in [6, 6.07) is 0. The van der Waals surface area contributed by atoms with Crippen molar-refractivity contribution in [3.63, 3.8) is 0 Å². The fraction of sp³-hybridized carbons (Fsp3) is 0.400. The molecule has 0 aliphatic carbocycles. The van der Waals surface area contributed by atoms with E-state index in [-0.39, 0.29) is 0 Å². The van der Waals surface area contributed by atoms with Crippen LogP contribution >= 0.6 is 0 Å². The molecule has 0 aromatic heterocycles. The first-order valence-corrected chi connectivity index (χ1v) is 4.13. The molecule has 0 saturated heterocycles. The number of hydrogen-bond acceptors (Lipinski definition) is 2. The highest BCUT2D eigenvalue weighted by Gasteiger charge is 2.00. The quantitative estimate of drug-likeness (QED) is 0.646. The molecule has 0 aliphatic rings. The van der Waals surface area contributed by atoms with Crippen LogP contribution in [-0.2, 0) is 0 Å². The average Bonchev–Trinajstić information content (AvgIpc) is 2.06. The lowest BCUT2D eigenvalue weighted by molar-refractivity contribution is 0.452. The van der Waals surface area contributed by atoms with Crippen molar-refractivity contribution in [3.05, 3.63) is 36.2 Å². The van der Waals surface area contributed by atoms with Crippen LogP contribution in [0.5, 0.6) is 0 Å². The molecule has 2 heteroatoms. The minimum atomic E-state index is 0.761. The van der Waals surface area contributed by atoms with E-state index in [1.165, 1.54) is 0 Å². The first-order chi connectivity index (χ1) is 5.67. The Hall–Kier alpha value is -1.18. The highest BCUT2D eigenvalue weighted by molar-refractivity contribution is 5.28. The Morgan fingerprint density at radius 1 is 1.58 bits per heavy atom. The van der Waals surface area contributed by atoms with Gasteiger partial charge in [0, 0.05) is 13.6 Å². The second-order valence-electron chi connectivity index (χ2n) is 2.56. The summed E-state index contributed by atoms with van der Waals surface area (Å²) in [5.74, 6) is 0. The van der Waals surface area contributed by atoms with E-state index in [2.05, 4.69) is 18.4 Å². The molecule has 2 nitrogen and oxygen atoms in total. The van der Waals surface area contributed by atoms with Crippen LogP contribution in [0.1, 0.15) is 13.8 Å². The van der Waals surface area contributed by atoms with E-state index in [1.807, 2.05) is 26.1 Å². The summed E-state index contributed by atoms with van der Waals surface area (Å²) in [5.41, 5.74) is 7.54. The number of nitrogens with two attached hydrogens (primary N) is 1. The fourth-order valence-electron chi connectivity index (χ4n) is 0.929. The van der Waals surface area contributed by atoms with Gasteiger partial charge in [-0.15, -0.1) is 0 Å². The number of nitrogens with zero attached hydrogens (tertiary/aromatic N) is 1. The lowest BCUT2D eigenvalue weighted by Crippen LogP contribution is -2.19. The molecular weight excluding hydrogens is 148 g/mol. The molecule has 0 aromatic carbocycles. The van der Waals surface area contributed by atoms with Gasteiger partial charge in [-0.25, -0.2) is 0 Å². The third-order valence-electron chi connectivity index (χ3n) is 1.72. The number of allylic oxidation sites excluding steroid dienone is 3. The topological polar surface area (TPSA) is 29.3 Å². The minimum absolute atomic E-state index is 0.761. The van der Waals surface area contributed by atoms with Crippen LogP contribution < -0.4 is 5.73 Å². The third kappa shape index (κ3) is 2.82. The lowest BCUT2D eigenvalue weighted by Gasteiger charge is -2.19. The Bertz CT molecular complexity index is 202. The van der Waals surface area contributed by atoms with E-state index in [1.54, 1.807) is 6.08 Å². The molecule has 0 amide bonds. The Morgan fingerprint density at radius 3 is 2.50 bits per heavy atom. The van der Waals surface area contributed by atoms with E-state index in [0.29, 0.717) is 0 Å². The minimum Gasteiger partial charge on any atom is -0.397 e. The van der Waals surface area contributed by atoms with Crippen molar-refractivity contribution in [1.82, 2.24) is 4.90 Å². The summed E-state index contributed by atoms with van der Waals surface area (Å²) in [6.07, 6.45) is 5.57. The molecule has 2 N–H and O–H groups in total. The molecule has 0 fully saturated rings. The molecule has 0 heterocycles. The van der Waals surface area contributed by atoms with Crippen molar-refractivity contribution < 1.29 is 0 Å². The molecule has 0 spiro atoms. The van der Waals surface area contributed by atoms with E-state index >= 15 is 0 Å². The normalized spacial score (nSPS) is 12.9. The number of hydrogen-bond donors (Lipinski definition) is 1. The summed E-state index contributed by atoms with van der Waals surface area (Å²) in [7, 11) is 1.99. The largest absolute Gasteiger partial charge is 0.397 e. The van der Waals surface area contributed by atoms with Crippen LogP contribution in [0.4, 0.5) is 0 Å². The standard InChI is InChI=1S/C10H18N2/c1-5-8-9(11)10(6-2)12(4)7-3/h5-6,8H,2,7,11H2,1,3-4H3/b8-5-,10-9-. The molecule has 0 unspecified atom stereocenters. The molecule has 12 heavy (non-hydrogen) atoms. The lowest BCUT2D eigenvalue weighted by atomic mass is 10.2. The number of likely N-dealkylation sites (N-methyl/N-ethyl adjacent to an activating group) is 1. The molecule has 0 atom stereocenters. The zero-order chi connectivity index (χ0) is 9.56. The van der Waals surface area contributed by atoms with Gasteiger partial charge in [-0.1, -0.05) is 12.7 Å². The van der Waals surface area contributed by atoms with Crippen molar-refractivity contribution in [2.75, 3.05) is 13.6 Å². The van der Waals surface area contributed by atoms with Gasteiger partial charge in [0.2, 0.25) is 0 Å². The van der Waals surface area contributed by atoms with Gasteiger partial charge in [0.15, 0.2) is 0 Å². The third-order valence-corrected chi connectivity index (χ3v) is 1.72. The van der Waals surface area contributed by atoms with Gasteiger partial charge in [-0.05, 0) is 26.0 Å². The smallest absolute Gasteiger partial charge is 0.0591 e. The van der Waals surface area contributed by atoms with E-state index < -0.39 is 0 Å². The second kappa shape index (κ2) is 5.47. The van der Waals surface area contributed by atoms with Crippen LogP contribution in [0.2, 0.25) is 0 Å². The molecule has 0 radical (unpaired) electrons. The zero-order valence-electron chi connectivity index (χ0n) is 8.17. The maximum absolute atomic E-state index is 5.80. The van der Waals surface area contributed by atoms with Crippen molar-refractivity contribution in [1.29, 1.82) is 0 Å². The molecular formula is C10H18N2. The fourth-order valence-corrected chi connectivity index (χ4v) is 0.929. The maximum Gasteiger partial charge on any atom is 0.0591 e. The number of rotatable bonds is 4. The van der Waals surface area contributed by atoms with E-state index in [4.69, 9.17) is 5.73 Å². The van der Waals surface area contributed by atoms with Crippen LogP contribution in [0, 0.1) is 0 Å². The maximum atomic E-state index is 5.80. The Labute approximate surface area is 75.1 Å². The summed E-state index contributed by atoms with van der Waals surface area (Å²) in [5, 5.41) is 0. The molecule has 0 saturated carbocycles. The van der Waals surface area contributed by atoms with Crippen molar-refractivity contribution in [2.45, 2.75) is 13.8 Å². The SMILES string of the molecule is C=C/C(=C(N)\C=C/C)N(C)CC. The molecule has 0 aliphatic heterocycles. The highest BCUT2D eigenvalue weighted by Crippen LogP contribution is 2.06. The summed E-state index contributed by atoms with van der Waals surface area (Å²) in [4.78, 5) is 2.06. The van der Waals surface area contributed by atoms with Crippen molar-refractivity contribution >= 4 is 0 Å². The van der Waals surface area contributed by atoms with E-state index in [0.717, 1.165) is 17.9 Å². The van der Waals surface area contributed by atoms with Crippen LogP contribution in [0.15, 0.2) is 36.2 Å². The molecule has 0 bridgehead atoms. The Kier molecular flexibility index (Phi) is 4.93. The van der Waals surface area contributed by atoms with Crippen molar-refractivity contribution in [2.24, 2.45) is 5.73 Å². The predicted molar refractivity (Wildman–Crippen MR) is 54.5 cm³/mol. The summed E-state index contributed by atoms with van der Waals surface area (Å²) >= 11 is 0. The van der Waals surface area contributed by atoms with Gasteiger partial charge >= 0.3 is 0 Å². The van der Waals surface area contributed by atoms with Crippen LogP contribution in [-0.4, -0.2) is 18.5 Å². The molecule has 0 aromatic rings.